The number of nitrogen functional groups attached to an aromatic ring is 1. The Morgan fingerprint density at radius 3 is 2.54 bits per heavy atom. The normalized spacial score (nSPS) is 10.7. The summed E-state index contributed by atoms with van der Waals surface area (Å²) in [5.41, 5.74) is 6.12. The van der Waals surface area contributed by atoms with Crippen LogP contribution in [0, 0.1) is 5.82 Å². The molecule has 0 fully saturated rings. The van der Waals surface area contributed by atoms with Crippen molar-refractivity contribution in [2.24, 2.45) is 0 Å². The van der Waals surface area contributed by atoms with Gasteiger partial charge in [-0.1, -0.05) is 41.0 Å². The number of hydrogen-bond acceptors (Lipinski definition) is 5. The second-order valence-corrected chi connectivity index (χ2v) is 7.41. The first kappa shape index (κ1) is 20.2. The maximum absolute atomic E-state index is 13.0. The average Bonchev–Trinajstić information content (AvgIpc) is 2.66. The summed E-state index contributed by atoms with van der Waals surface area (Å²) in [6, 6.07) is 10.1. The standard InChI is InChI=1S/C18H13Cl2FN4O2S/c19-12-6-1-9(7-13(12)20)8-28-18-24-15(22)14(17(27)25-18)23-16(26)10-2-4-11(21)5-3-10/h1-7H,8H2,(H,23,26)(H3,22,24,25,27). The fraction of sp³-hybridized carbons (Fsp3) is 0.0556. The molecule has 1 aromatic heterocycles. The topological polar surface area (TPSA) is 101 Å². The van der Waals surface area contributed by atoms with Crippen molar-refractivity contribution in [2.45, 2.75) is 10.9 Å². The van der Waals surface area contributed by atoms with Crippen LogP contribution in [0.1, 0.15) is 15.9 Å². The molecule has 0 spiro atoms. The van der Waals surface area contributed by atoms with Gasteiger partial charge < -0.3 is 11.1 Å². The van der Waals surface area contributed by atoms with Crippen molar-refractivity contribution in [2.75, 3.05) is 11.1 Å². The maximum Gasteiger partial charge on any atom is 0.277 e. The van der Waals surface area contributed by atoms with Gasteiger partial charge in [-0.05, 0) is 42.0 Å². The Bertz CT molecular complexity index is 1090. The SMILES string of the molecule is Nc1nc(SCc2ccc(Cl)c(Cl)c2)[nH]c(=O)c1NC(=O)c1ccc(F)cc1. The summed E-state index contributed by atoms with van der Waals surface area (Å²) < 4.78 is 13.0. The first-order valence-corrected chi connectivity index (χ1v) is 9.61. The molecule has 0 saturated carbocycles. The average molecular weight is 439 g/mol. The summed E-state index contributed by atoms with van der Waals surface area (Å²) in [4.78, 5) is 31.1. The van der Waals surface area contributed by atoms with Gasteiger partial charge >= 0.3 is 0 Å². The molecule has 1 amide bonds. The second kappa shape index (κ2) is 8.64. The van der Waals surface area contributed by atoms with Crippen molar-refractivity contribution < 1.29 is 9.18 Å². The van der Waals surface area contributed by atoms with Gasteiger partial charge in [-0.3, -0.25) is 14.6 Å². The first-order chi connectivity index (χ1) is 13.3. The molecule has 0 bridgehead atoms. The number of hydrogen-bond donors (Lipinski definition) is 3. The molecule has 6 nitrogen and oxygen atoms in total. The van der Waals surface area contributed by atoms with Gasteiger partial charge in [0.15, 0.2) is 11.0 Å². The monoisotopic (exact) mass is 438 g/mol. The molecule has 4 N–H and O–H groups in total. The second-order valence-electron chi connectivity index (χ2n) is 5.63. The molecule has 0 aliphatic rings. The van der Waals surface area contributed by atoms with E-state index in [1.807, 2.05) is 0 Å². The Morgan fingerprint density at radius 2 is 1.89 bits per heavy atom. The highest BCUT2D eigenvalue weighted by Gasteiger charge is 2.14. The third-order valence-electron chi connectivity index (χ3n) is 3.63. The van der Waals surface area contributed by atoms with Gasteiger partial charge in [-0.2, -0.15) is 0 Å². The summed E-state index contributed by atoms with van der Waals surface area (Å²) in [5, 5.41) is 3.56. The van der Waals surface area contributed by atoms with Gasteiger partial charge in [-0.15, -0.1) is 0 Å². The number of anilines is 2. The van der Waals surface area contributed by atoms with E-state index in [9.17, 15) is 14.0 Å². The molecule has 10 heteroatoms. The molecule has 0 radical (unpaired) electrons. The first-order valence-electron chi connectivity index (χ1n) is 7.87. The number of nitrogens with one attached hydrogen (secondary N) is 2. The zero-order valence-electron chi connectivity index (χ0n) is 14.1. The summed E-state index contributed by atoms with van der Waals surface area (Å²) in [6.45, 7) is 0. The minimum atomic E-state index is -0.602. The summed E-state index contributed by atoms with van der Waals surface area (Å²) in [7, 11) is 0. The molecular weight excluding hydrogens is 426 g/mol. The van der Waals surface area contributed by atoms with Gasteiger partial charge in [0, 0.05) is 11.3 Å². The maximum atomic E-state index is 13.0. The summed E-state index contributed by atoms with van der Waals surface area (Å²) in [5.74, 6) is -0.731. The fourth-order valence-electron chi connectivity index (χ4n) is 2.23. The fourth-order valence-corrected chi connectivity index (χ4v) is 3.36. The van der Waals surface area contributed by atoms with Crippen LogP contribution < -0.4 is 16.6 Å². The zero-order chi connectivity index (χ0) is 20.3. The molecule has 0 aliphatic heterocycles. The lowest BCUT2D eigenvalue weighted by Gasteiger charge is -2.09. The van der Waals surface area contributed by atoms with Crippen LogP contribution in [0.4, 0.5) is 15.9 Å². The Balaban J connectivity index is 1.73. The van der Waals surface area contributed by atoms with E-state index in [-0.39, 0.29) is 22.2 Å². The van der Waals surface area contributed by atoms with Crippen molar-refractivity contribution >= 4 is 52.4 Å². The van der Waals surface area contributed by atoms with E-state index in [1.54, 1.807) is 18.2 Å². The molecule has 144 valence electrons. The largest absolute Gasteiger partial charge is 0.382 e. The molecular formula is C18H13Cl2FN4O2S. The van der Waals surface area contributed by atoms with E-state index in [1.165, 1.54) is 23.9 Å². The highest BCUT2D eigenvalue weighted by molar-refractivity contribution is 7.98. The Morgan fingerprint density at radius 1 is 1.18 bits per heavy atom. The highest BCUT2D eigenvalue weighted by atomic mass is 35.5. The predicted molar refractivity (Wildman–Crippen MR) is 110 cm³/mol. The van der Waals surface area contributed by atoms with Crippen molar-refractivity contribution in [3.63, 3.8) is 0 Å². The molecule has 0 unspecified atom stereocenters. The molecule has 0 aliphatic carbocycles. The molecule has 3 rings (SSSR count). The van der Waals surface area contributed by atoms with Crippen LogP contribution in [0.2, 0.25) is 10.0 Å². The van der Waals surface area contributed by atoms with Crippen LogP contribution in [0.3, 0.4) is 0 Å². The van der Waals surface area contributed by atoms with Crippen molar-refractivity contribution in [1.29, 1.82) is 0 Å². The molecule has 0 saturated heterocycles. The molecule has 1 heterocycles. The quantitative estimate of drug-likeness (QED) is 0.406. The van der Waals surface area contributed by atoms with Crippen LogP contribution in [-0.2, 0) is 5.75 Å². The number of aromatic nitrogens is 2. The number of rotatable bonds is 5. The number of amides is 1. The van der Waals surface area contributed by atoms with Crippen LogP contribution in [-0.4, -0.2) is 15.9 Å². The van der Waals surface area contributed by atoms with Crippen molar-refractivity contribution in [3.05, 3.63) is 79.8 Å². The van der Waals surface area contributed by atoms with E-state index in [0.717, 1.165) is 17.7 Å². The van der Waals surface area contributed by atoms with E-state index in [2.05, 4.69) is 15.3 Å². The number of H-pyrrole nitrogens is 1. The summed E-state index contributed by atoms with van der Waals surface area (Å²) >= 11 is 13.1. The number of halogens is 3. The number of nitrogens with two attached hydrogens (primary N) is 1. The number of carbonyl (C=O) groups is 1. The smallest absolute Gasteiger partial charge is 0.277 e. The van der Waals surface area contributed by atoms with Crippen LogP contribution in [0.25, 0.3) is 0 Å². The number of benzene rings is 2. The van der Waals surface area contributed by atoms with Gasteiger partial charge in [0.25, 0.3) is 11.5 Å². The zero-order valence-corrected chi connectivity index (χ0v) is 16.5. The van der Waals surface area contributed by atoms with E-state index >= 15 is 0 Å². The number of carbonyl (C=O) groups excluding carboxylic acids is 1. The van der Waals surface area contributed by atoms with E-state index in [0.29, 0.717) is 15.8 Å². The molecule has 0 atom stereocenters. The minimum Gasteiger partial charge on any atom is -0.382 e. The Hall–Kier alpha value is -2.55. The number of aromatic amines is 1. The van der Waals surface area contributed by atoms with Gasteiger partial charge in [0.05, 0.1) is 10.0 Å². The Kier molecular flexibility index (Phi) is 6.23. The lowest BCUT2D eigenvalue weighted by Crippen LogP contribution is -2.23. The minimum absolute atomic E-state index is 0.129. The van der Waals surface area contributed by atoms with Gasteiger partial charge in [-0.25, -0.2) is 9.37 Å². The van der Waals surface area contributed by atoms with Crippen LogP contribution in [0.5, 0.6) is 0 Å². The third kappa shape index (κ3) is 4.83. The van der Waals surface area contributed by atoms with Crippen molar-refractivity contribution in [3.8, 4) is 0 Å². The van der Waals surface area contributed by atoms with E-state index < -0.39 is 17.3 Å². The van der Waals surface area contributed by atoms with E-state index in [4.69, 9.17) is 28.9 Å². The Labute approximate surface area is 173 Å². The van der Waals surface area contributed by atoms with Gasteiger partial charge in [0.2, 0.25) is 0 Å². The lowest BCUT2D eigenvalue weighted by molar-refractivity contribution is 0.102. The third-order valence-corrected chi connectivity index (χ3v) is 5.31. The predicted octanol–water partition coefficient (Wildman–Crippen LogP) is 4.34. The lowest BCUT2D eigenvalue weighted by atomic mass is 10.2. The van der Waals surface area contributed by atoms with Crippen LogP contribution in [0.15, 0.2) is 52.4 Å². The summed E-state index contributed by atoms with van der Waals surface area (Å²) in [6.07, 6.45) is 0. The number of nitrogens with zero attached hydrogens (tertiary/aromatic N) is 1. The van der Waals surface area contributed by atoms with Crippen molar-refractivity contribution in [1.82, 2.24) is 9.97 Å². The van der Waals surface area contributed by atoms with Gasteiger partial charge in [0.1, 0.15) is 11.5 Å². The highest BCUT2D eigenvalue weighted by Crippen LogP contribution is 2.26. The van der Waals surface area contributed by atoms with Crippen LogP contribution >= 0.6 is 35.0 Å². The number of thioether (sulfide) groups is 1. The molecule has 2 aromatic carbocycles. The molecule has 28 heavy (non-hydrogen) atoms. The molecule has 3 aromatic rings.